The fraction of sp³-hybridized carbons (Fsp3) is 0.484. The van der Waals surface area contributed by atoms with Crippen LogP contribution in [-0.2, 0) is 12.8 Å². The maximum absolute atomic E-state index is 13.6. The minimum absolute atomic E-state index is 0.0450. The van der Waals surface area contributed by atoms with Crippen LogP contribution in [-0.4, -0.2) is 43.2 Å². The zero-order chi connectivity index (χ0) is 25.9. The third-order valence-electron chi connectivity index (χ3n) is 8.71. The van der Waals surface area contributed by atoms with Crippen LogP contribution >= 0.6 is 0 Å². The van der Waals surface area contributed by atoms with Crippen molar-refractivity contribution in [3.8, 4) is 0 Å². The molecule has 2 aromatic heterocycles. The lowest BCUT2D eigenvalue weighted by Gasteiger charge is -2.37. The molecular weight excluding hydrogens is 472 g/mol. The zero-order valence-corrected chi connectivity index (χ0v) is 22.4. The maximum Gasteiger partial charge on any atom is 0.253 e. The second kappa shape index (κ2) is 11.2. The Morgan fingerprint density at radius 3 is 2.50 bits per heavy atom. The average Bonchev–Trinajstić information content (AvgIpc) is 3.45. The van der Waals surface area contributed by atoms with Gasteiger partial charge in [-0.25, -0.2) is 4.68 Å². The van der Waals surface area contributed by atoms with Crippen molar-refractivity contribution in [2.75, 3.05) is 13.1 Å². The molecule has 1 unspecified atom stereocenters. The van der Waals surface area contributed by atoms with E-state index in [4.69, 9.17) is 0 Å². The smallest absolute Gasteiger partial charge is 0.253 e. The zero-order valence-electron chi connectivity index (χ0n) is 22.4. The van der Waals surface area contributed by atoms with Gasteiger partial charge >= 0.3 is 0 Å². The molecule has 1 aliphatic heterocycles. The summed E-state index contributed by atoms with van der Waals surface area (Å²) < 4.78 is 2.05. The number of rotatable bonds is 7. The first kappa shape index (κ1) is 25.0. The van der Waals surface area contributed by atoms with Crippen LogP contribution in [0, 0.1) is 5.92 Å². The molecule has 1 N–H and O–H groups in total. The quantitative estimate of drug-likeness (QED) is 0.349. The molecule has 0 radical (unpaired) electrons. The lowest BCUT2D eigenvalue weighted by atomic mass is 9.88. The first-order valence-corrected chi connectivity index (χ1v) is 14.4. The highest BCUT2D eigenvalue weighted by Gasteiger charge is 2.34. The van der Waals surface area contributed by atoms with Gasteiger partial charge in [-0.2, -0.15) is 0 Å². The summed E-state index contributed by atoms with van der Waals surface area (Å²) in [4.78, 5) is 19.2. The predicted octanol–water partition coefficient (Wildman–Crippen LogP) is 5.63. The Labute approximate surface area is 224 Å². The molecule has 0 amide bonds. The summed E-state index contributed by atoms with van der Waals surface area (Å²) in [5.41, 5.74) is 4.25. The molecule has 0 spiro atoms. The molecule has 2 aromatic carbocycles. The normalized spacial score (nSPS) is 18.7. The molecule has 38 heavy (non-hydrogen) atoms. The van der Waals surface area contributed by atoms with Gasteiger partial charge in [0.1, 0.15) is 6.04 Å². The molecule has 4 aromatic rings. The van der Waals surface area contributed by atoms with Gasteiger partial charge in [-0.1, -0.05) is 62.6 Å². The number of likely N-dealkylation sites (tertiary alicyclic amines) is 1. The summed E-state index contributed by atoms with van der Waals surface area (Å²) in [7, 11) is 0. The first-order valence-electron chi connectivity index (χ1n) is 14.4. The Bertz CT molecular complexity index is 1410. The number of nitrogens with one attached hydrogen (secondary N) is 1. The van der Waals surface area contributed by atoms with Gasteiger partial charge in [0.15, 0.2) is 5.82 Å². The highest BCUT2D eigenvalue weighted by atomic mass is 16.1. The van der Waals surface area contributed by atoms with Gasteiger partial charge in [-0.05, 0) is 103 Å². The number of hydrogen-bond acceptors (Lipinski definition) is 5. The van der Waals surface area contributed by atoms with Crippen molar-refractivity contribution < 1.29 is 0 Å². The minimum Gasteiger partial charge on any atom is -0.322 e. The van der Waals surface area contributed by atoms with Gasteiger partial charge in [0, 0.05) is 11.1 Å². The summed E-state index contributed by atoms with van der Waals surface area (Å²) in [6, 6.07) is 19.2. The van der Waals surface area contributed by atoms with Crippen LogP contribution in [0.15, 0.2) is 59.4 Å². The van der Waals surface area contributed by atoms with Crippen LogP contribution in [0.5, 0.6) is 0 Å². The van der Waals surface area contributed by atoms with E-state index in [9.17, 15) is 4.79 Å². The Morgan fingerprint density at radius 2 is 1.74 bits per heavy atom. The van der Waals surface area contributed by atoms with Gasteiger partial charge < -0.3 is 4.98 Å². The molecule has 1 atom stereocenters. The van der Waals surface area contributed by atoms with Crippen LogP contribution in [0.4, 0.5) is 0 Å². The Hall–Kier alpha value is -3.32. The molecular formula is C31H38N6O. The van der Waals surface area contributed by atoms with Crippen molar-refractivity contribution in [3.63, 3.8) is 0 Å². The predicted molar refractivity (Wildman–Crippen MR) is 150 cm³/mol. The SMILES string of the molecule is CCc1ccc2[nH]c(=O)c(C(c3nnnn3C3CCCCC3)N3CCC(Cc4ccccc4)CC3)cc2c1. The number of piperidine rings is 1. The van der Waals surface area contributed by atoms with E-state index >= 15 is 0 Å². The minimum atomic E-state index is -0.261. The third-order valence-corrected chi connectivity index (χ3v) is 8.71. The van der Waals surface area contributed by atoms with E-state index < -0.39 is 0 Å². The van der Waals surface area contributed by atoms with Gasteiger partial charge in [0.05, 0.1) is 6.04 Å². The van der Waals surface area contributed by atoms with Crippen molar-refractivity contribution in [1.82, 2.24) is 30.1 Å². The molecule has 3 heterocycles. The molecule has 2 fully saturated rings. The fourth-order valence-corrected chi connectivity index (χ4v) is 6.52. The van der Waals surface area contributed by atoms with Crippen molar-refractivity contribution >= 4 is 10.9 Å². The number of fused-ring (bicyclic) bond motifs is 1. The van der Waals surface area contributed by atoms with E-state index in [0.29, 0.717) is 12.0 Å². The summed E-state index contributed by atoms with van der Waals surface area (Å²) in [6.45, 7) is 4.01. The molecule has 2 aliphatic rings. The number of tetrazole rings is 1. The molecule has 6 rings (SSSR count). The largest absolute Gasteiger partial charge is 0.322 e. The molecule has 1 aliphatic carbocycles. The van der Waals surface area contributed by atoms with E-state index in [2.05, 4.69) is 80.9 Å². The summed E-state index contributed by atoms with van der Waals surface area (Å²) in [6.07, 6.45) is 10.1. The van der Waals surface area contributed by atoms with Crippen LogP contribution in [0.2, 0.25) is 0 Å². The highest BCUT2D eigenvalue weighted by molar-refractivity contribution is 5.80. The number of nitrogens with zero attached hydrogens (tertiary/aromatic N) is 5. The van der Waals surface area contributed by atoms with Gasteiger partial charge in [-0.3, -0.25) is 9.69 Å². The molecule has 7 nitrogen and oxygen atoms in total. The van der Waals surface area contributed by atoms with E-state index in [1.807, 2.05) is 10.7 Å². The van der Waals surface area contributed by atoms with E-state index in [1.54, 1.807) is 0 Å². The van der Waals surface area contributed by atoms with Crippen molar-refractivity contribution in [3.05, 3.63) is 87.5 Å². The standard InChI is InChI=1S/C31H38N6O/c1-2-22-13-14-28-25(20-22)21-27(31(38)32-28)29(30-33-34-35-37(30)26-11-7-4-8-12-26)36-17-15-24(16-18-36)19-23-9-5-3-6-10-23/h3,5-6,9-10,13-14,20-21,24,26,29H,2,4,7-8,11-12,15-19H2,1H3,(H,32,38). The second-order valence-electron chi connectivity index (χ2n) is 11.2. The molecule has 198 valence electrons. The topological polar surface area (TPSA) is 79.7 Å². The number of aromatic nitrogens is 5. The van der Waals surface area contributed by atoms with Crippen LogP contribution in [0.25, 0.3) is 10.9 Å². The Kier molecular flexibility index (Phi) is 7.36. The lowest BCUT2D eigenvalue weighted by molar-refractivity contribution is 0.140. The molecule has 1 saturated carbocycles. The van der Waals surface area contributed by atoms with Crippen LogP contribution in [0.3, 0.4) is 0 Å². The number of hydrogen-bond donors (Lipinski definition) is 1. The Balaban J connectivity index is 1.35. The summed E-state index contributed by atoms with van der Waals surface area (Å²) in [5.74, 6) is 1.46. The summed E-state index contributed by atoms with van der Waals surface area (Å²) in [5, 5.41) is 14.3. The number of benzene rings is 2. The van der Waals surface area contributed by atoms with Crippen molar-refractivity contribution in [1.29, 1.82) is 0 Å². The fourth-order valence-electron chi connectivity index (χ4n) is 6.52. The van der Waals surface area contributed by atoms with Crippen molar-refractivity contribution in [2.24, 2.45) is 5.92 Å². The monoisotopic (exact) mass is 510 g/mol. The van der Waals surface area contributed by atoms with Gasteiger partial charge in [0.25, 0.3) is 5.56 Å². The summed E-state index contributed by atoms with van der Waals surface area (Å²) >= 11 is 0. The number of H-pyrrole nitrogens is 1. The third kappa shape index (κ3) is 5.17. The second-order valence-corrected chi connectivity index (χ2v) is 11.2. The van der Waals surface area contributed by atoms with Gasteiger partial charge in [-0.15, -0.1) is 5.10 Å². The highest BCUT2D eigenvalue weighted by Crippen LogP contribution is 2.35. The average molecular weight is 511 g/mol. The molecule has 1 saturated heterocycles. The first-order chi connectivity index (χ1) is 18.7. The van der Waals surface area contributed by atoms with Crippen LogP contribution < -0.4 is 5.56 Å². The van der Waals surface area contributed by atoms with Crippen LogP contribution in [0.1, 0.15) is 86.5 Å². The van der Waals surface area contributed by atoms with Crippen molar-refractivity contribution in [2.45, 2.75) is 76.8 Å². The number of aromatic amines is 1. The van der Waals surface area contributed by atoms with Gasteiger partial charge in [0.2, 0.25) is 0 Å². The maximum atomic E-state index is 13.6. The lowest BCUT2D eigenvalue weighted by Crippen LogP contribution is -2.41. The van der Waals surface area contributed by atoms with E-state index in [-0.39, 0.29) is 11.6 Å². The van der Waals surface area contributed by atoms with E-state index in [0.717, 1.165) is 73.9 Å². The molecule has 7 heteroatoms. The van der Waals surface area contributed by atoms with E-state index in [1.165, 1.54) is 30.4 Å². The number of aryl methyl sites for hydroxylation is 1. The Morgan fingerprint density at radius 1 is 0.947 bits per heavy atom. The number of pyridine rings is 1. The molecule has 0 bridgehead atoms.